The van der Waals surface area contributed by atoms with Gasteiger partial charge >= 0.3 is 5.97 Å². The first-order valence-electron chi connectivity index (χ1n) is 12.9. The summed E-state index contributed by atoms with van der Waals surface area (Å²) >= 11 is 1.29. The van der Waals surface area contributed by atoms with E-state index in [2.05, 4.69) is 0 Å². The lowest BCUT2D eigenvalue weighted by Gasteiger charge is -2.28. The largest absolute Gasteiger partial charge is 0.462 e. The van der Waals surface area contributed by atoms with E-state index in [4.69, 9.17) is 9.57 Å². The molecule has 0 radical (unpaired) electrons. The first-order valence-corrected chi connectivity index (χ1v) is 13.7. The molecular formula is C28H25N3O7S. The molecule has 1 aliphatic carbocycles. The maximum atomic E-state index is 14.1. The number of carbonyl (C=O) groups is 3. The number of hydroxylamine groups is 1. The van der Waals surface area contributed by atoms with Crippen molar-refractivity contribution < 1.29 is 28.9 Å². The van der Waals surface area contributed by atoms with Crippen molar-refractivity contribution in [3.05, 3.63) is 86.3 Å². The number of nitrogens with zero attached hydrogens (tertiary/aromatic N) is 3. The molecule has 2 aromatic carbocycles. The Hall–Kier alpha value is -4.09. The molecule has 2 saturated heterocycles. The summed E-state index contributed by atoms with van der Waals surface area (Å²) in [4.78, 5) is 60.4. The van der Waals surface area contributed by atoms with Crippen molar-refractivity contribution in [1.82, 2.24) is 0 Å². The molecule has 1 aromatic heterocycles. The number of anilines is 2. The number of esters is 1. The number of ether oxygens (including phenoxy) is 1. The van der Waals surface area contributed by atoms with Crippen molar-refractivity contribution in [2.45, 2.75) is 44.8 Å². The molecule has 0 spiro atoms. The molecule has 2 aliphatic heterocycles. The lowest BCUT2D eigenvalue weighted by molar-refractivity contribution is -0.384. The molecule has 200 valence electrons. The van der Waals surface area contributed by atoms with Crippen molar-refractivity contribution in [3.63, 3.8) is 0 Å². The molecule has 3 aromatic rings. The number of amides is 2. The molecule has 39 heavy (non-hydrogen) atoms. The standard InChI is InChI=1S/C28H25N3O7S/c1-2-37-28(34)21-19-13-6-7-14-20(19)39-27(21)29-25(32)22-23(16-9-8-12-18(15-16)31(35)36)30(38-24(22)26(29)33)17-10-4-3-5-11-17/h3-5,8-12,15,22-24H,2,6-7,13-14H2,1H3/t22-,23+,24+/m0/s1. The summed E-state index contributed by atoms with van der Waals surface area (Å²) in [6, 6.07) is 14.2. The third-order valence-corrected chi connectivity index (χ3v) is 8.66. The topological polar surface area (TPSA) is 119 Å². The van der Waals surface area contributed by atoms with Crippen LogP contribution >= 0.6 is 11.3 Å². The van der Waals surface area contributed by atoms with Gasteiger partial charge in [-0.3, -0.25) is 24.5 Å². The number of para-hydroxylation sites is 1. The summed E-state index contributed by atoms with van der Waals surface area (Å²) < 4.78 is 5.33. The first-order chi connectivity index (χ1) is 18.9. The highest BCUT2D eigenvalue weighted by Crippen LogP contribution is 2.50. The van der Waals surface area contributed by atoms with Gasteiger partial charge in [-0.2, -0.15) is 0 Å². The van der Waals surface area contributed by atoms with Crippen LogP contribution in [-0.4, -0.2) is 35.4 Å². The molecule has 3 heterocycles. The van der Waals surface area contributed by atoms with Crippen LogP contribution in [0.5, 0.6) is 0 Å². The minimum atomic E-state index is -1.16. The van der Waals surface area contributed by atoms with Gasteiger partial charge in [-0.15, -0.1) is 11.3 Å². The van der Waals surface area contributed by atoms with Gasteiger partial charge in [0.15, 0.2) is 6.10 Å². The van der Waals surface area contributed by atoms with Gasteiger partial charge < -0.3 is 4.74 Å². The molecule has 0 bridgehead atoms. The van der Waals surface area contributed by atoms with Crippen LogP contribution < -0.4 is 9.96 Å². The molecular weight excluding hydrogens is 522 g/mol. The lowest BCUT2D eigenvalue weighted by Crippen LogP contribution is -2.37. The van der Waals surface area contributed by atoms with Gasteiger partial charge in [0.1, 0.15) is 10.9 Å². The van der Waals surface area contributed by atoms with Crippen LogP contribution in [0.1, 0.15) is 52.2 Å². The molecule has 11 heteroatoms. The summed E-state index contributed by atoms with van der Waals surface area (Å²) in [6.07, 6.45) is 2.16. The quantitative estimate of drug-likeness (QED) is 0.188. The molecule has 3 atom stereocenters. The van der Waals surface area contributed by atoms with Crippen molar-refractivity contribution in [2.75, 3.05) is 16.6 Å². The number of rotatable bonds is 6. The van der Waals surface area contributed by atoms with Crippen LogP contribution in [-0.2, 0) is 32.0 Å². The summed E-state index contributed by atoms with van der Waals surface area (Å²) in [5, 5.41) is 13.3. The van der Waals surface area contributed by atoms with Crippen molar-refractivity contribution >= 4 is 45.5 Å². The number of aryl methyl sites for hydroxylation is 1. The van der Waals surface area contributed by atoms with Crippen LogP contribution in [0.25, 0.3) is 0 Å². The SMILES string of the molecule is CCOC(=O)c1c(N2C(=O)[C@H]3[C@@H](c4cccc([N+](=O)[O-])c4)N(c4ccccc4)O[C@H]3C2=O)sc2c1CCCC2. The zero-order valence-corrected chi connectivity index (χ0v) is 21.9. The maximum absolute atomic E-state index is 14.1. The Balaban J connectivity index is 1.45. The van der Waals surface area contributed by atoms with E-state index in [-0.39, 0.29) is 22.9 Å². The second-order valence-corrected chi connectivity index (χ2v) is 10.7. The van der Waals surface area contributed by atoms with Crippen LogP contribution in [0.15, 0.2) is 54.6 Å². The molecule has 0 unspecified atom stereocenters. The summed E-state index contributed by atoms with van der Waals surface area (Å²) in [5.74, 6) is -2.60. The van der Waals surface area contributed by atoms with E-state index in [0.717, 1.165) is 34.6 Å². The van der Waals surface area contributed by atoms with Crippen LogP contribution in [0.3, 0.4) is 0 Å². The first kappa shape index (κ1) is 25.2. The van der Waals surface area contributed by atoms with E-state index in [1.807, 2.05) is 6.07 Å². The number of benzene rings is 2. The second-order valence-electron chi connectivity index (χ2n) is 9.63. The summed E-state index contributed by atoms with van der Waals surface area (Å²) in [5.41, 5.74) is 2.08. The number of nitro groups is 1. The van der Waals surface area contributed by atoms with Gasteiger partial charge in [0.25, 0.3) is 11.6 Å². The second kappa shape index (κ2) is 9.90. The van der Waals surface area contributed by atoms with Gasteiger partial charge in [-0.25, -0.2) is 14.8 Å². The fraction of sp³-hybridized carbons (Fsp3) is 0.321. The number of carbonyl (C=O) groups excluding carboxylic acids is 3. The molecule has 0 saturated carbocycles. The minimum Gasteiger partial charge on any atom is -0.462 e. The highest BCUT2D eigenvalue weighted by molar-refractivity contribution is 7.17. The Kier molecular flexibility index (Phi) is 6.40. The molecule has 2 amide bonds. The third kappa shape index (κ3) is 4.09. The monoisotopic (exact) mass is 547 g/mol. The number of imide groups is 1. The predicted molar refractivity (Wildman–Crippen MR) is 143 cm³/mol. The molecule has 2 fully saturated rings. The average Bonchev–Trinajstić information content (AvgIpc) is 3.59. The zero-order valence-electron chi connectivity index (χ0n) is 21.1. The van der Waals surface area contributed by atoms with Crippen molar-refractivity contribution in [2.24, 2.45) is 5.92 Å². The summed E-state index contributed by atoms with van der Waals surface area (Å²) in [6.45, 7) is 1.88. The van der Waals surface area contributed by atoms with Gasteiger partial charge in [-0.05, 0) is 55.9 Å². The van der Waals surface area contributed by atoms with E-state index >= 15 is 0 Å². The third-order valence-electron chi connectivity index (χ3n) is 7.38. The minimum absolute atomic E-state index is 0.131. The van der Waals surface area contributed by atoms with Crippen LogP contribution in [0.2, 0.25) is 0 Å². The van der Waals surface area contributed by atoms with Gasteiger partial charge in [0.2, 0.25) is 5.91 Å². The zero-order chi connectivity index (χ0) is 27.3. The maximum Gasteiger partial charge on any atom is 0.341 e. The number of non-ortho nitro benzene ring substituents is 1. The van der Waals surface area contributed by atoms with E-state index in [1.165, 1.54) is 28.5 Å². The van der Waals surface area contributed by atoms with Gasteiger partial charge in [0.05, 0.1) is 28.8 Å². The highest BCUT2D eigenvalue weighted by atomic mass is 32.1. The van der Waals surface area contributed by atoms with E-state index in [0.29, 0.717) is 17.7 Å². The van der Waals surface area contributed by atoms with Crippen LogP contribution in [0.4, 0.5) is 16.4 Å². The Morgan fingerprint density at radius 2 is 1.87 bits per heavy atom. The van der Waals surface area contributed by atoms with Crippen molar-refractivity contribution in [3.8, 4) is 0 Å². The van der Waals surface area contributed by atoms with Gasteiger partial charge in [-0.1, -0.05) is 30.3 Å². The number of thiophene rings is 1. The fourth-order valence-corrected chi connectivity index (χ4v) is 7.08. The van der Waals surface area contributed by atoms with Crippen molar-refractivity contribution in [1.29, 1.82) is 0 Å². The van der Waals surface area contributed by atoms with Crippen LogP contribution in [0, 0.1) is 16.0 Å². The fourth-order valence-electron chi connectivity index (χ4n) is 5.70. The predicted octanol–water partition coefficient (Wildman–Crippen LogP) is 4.76. The van der Waals surface area contributed by atoms with E-state index < -0.39 is 40.8 Å². The highest BCUT2D eigenvalue weighted by Gasteiger charge is 2.61. The smallest absolute Gasteiger partial charge is 0.341 e. The normalized spacial score (nSPS) is 22.1. The van der Waals surface area contributed by atoms with Gasteiger partial charge in [0, 0.05) is 17.0 Å². The average molecular weight is 548 g/mol. The number of hydrogen-bond donors (Lipinski definition) is 0. The number of nitro benzene ring substituents is 1. The van der Waals surface area contributed by atoms with E-state index in [1.54, 1.807) is 43.3 Å². The Labute approximate surface area is 227 Å². The Morgan fingerprint density at radius 3 is 2.62 bits per heavy atom. The Bertz CT molecular complexity index is 1490. The van der Waals surface area contributed by atoms with E-state index in [9.17, 15) is 24.5 Å². The Morgan fingerprint density at radius 1 is 1.10 bits per heavy atom. The molecule has 3 aliphatic rings. The number of fused-ring (bicyclic) bond motifs is 2. The molecule has 0 N–H and O–H groups in total. The number of hydrogen-bond acceptors (Lipinski definition) is 9. The molecule has 10 nitrogen and oxygen atoms in total. The molecule has 6 rings (SSSR count). The summed E-state index contributed by atoms with van der Waals surface area (Å²) in [7, 11) is 0. The lowest BCUT2D eigenvalue weighted by atomic mass is 9.90.